The first-order chi connectivity index (χ1) is 14.3. The minimum Gasteiger partial charge on any atom is -0.353 e. The molecule has 0 spiro atoms. The van der Waals surface area contributed by atoms with Crippen LogP contribution in [0.4, 0.5) is 0 Å². The molecular weight excluding hydrogens is 358 g/mol. The Bertz CT molecular complexity index is 665. The van der Waals surface area contributed by atoms with Crippen molar-refractivity contribution >= 4 is 5.91 Å². The number of rotatable bonds is 7. The van der Waals surface area contributed by atoms with Crippen molar-refractivity contribution in [2.75, 3.05) is 26.2 Å². The Balaban J connectivity index is 1.10. The van der Waals surface area contributed by atoms with Gasteiger partial charge in [0.2, 0.25) is 5.91 Å². The van der Waals surface area contributed by atoms with Gasteiger partial charge in [-0.15, -0.1) is 0 Å². The van der Waals surface area contributed by atoms with Gasteiger partial charge >= 0.3 is 0 Å². The van der Waals surface area contributed by atoms with Gasteiger partial charge in [-0.3, -0.25) is 14.6 Å². The van der Waals surface area contributed by atoms with E-state index in [-0.39, 0.29) is 5.92 Å². The van der Waals surface area contributed by atoms with E-state index in [1.165, 1.54) is 70.1 Å². The summed E-state index contributed by atoms with van der Waals surface area (Å²) in [6, 6.07) is 12.0. The predicted molar refractivity (Wildman–Crippen MR) is 116 cm³/mol. The number of hydrogen-bond acceptors (Lipinski definition) is 3. The van der Waals surface area contributed by atoms with E-state index < -0.39 is 0 Å². The third-order valence-electron chi connectivity index (χ3n) is 7.71. The van der Waals surface area contributed by atoms with Crippen molar-refractivity contribution in [3.63, 3.8) is 0 Å². The SMILES string of the molecule is O=C(NC(C1CC1)C1CC1)C1CCCN(C2CCN(Cc3ccccc3)CC2)C1. The summed E-state index contributed by atoms with van der Waals surface area (Å²) in [7, 11) is 0. The normalized spacial score (nSPS) is 27.3. The summed E-state index contributed by atoms with van der Waals surface area (Å²) in [6.07, 6.45) is 10.1. The van der Waals surface area contributed by atoms with Crippen molar-refractivity contribution in [2.45, 2.75) is 70.0 Å². The van der Waals surface area contributed by atoms with Crippen molar-refractivity contribution in [3.05, 3.63) is 35.9 Å². The average molecular weight is 396 g/mol. The molecule has 4 heteroatoms. The minimum absolute atomic E-state index is 0.214. The summed E-state index contributed by atoms with van der Waals surface area (Å²) in [4.78, 5) is 18.3. The largest absolute Gasteiger partial charge is 0.353 e. The average Bonchev–Trinajstić information content (AvgIpc) is 3.67. The topological polar surface area (TPSA) is 35.6 Å². The lowest BCUT2D eigenvalue weighted by atomic mass is 9.92. The van der Waals surface area contributed by atoms with E-state index in [9.17, 15) is 4.79 Å². The zero-order chi connectivity index (χ0) is 19.6. The van der Waals surface area contributed by atoms with E-state index in [0.717, 1.165) is 31.3 Å². The van der Waals surface area contributed by atoms with Crippen LogP contribution in [0.3, 0.4) is 0 Å². The fraction of sp³-hybridized carbons (Fsp3) is 0.720. The maximum absolute atomic E-state index is 13.0. The Morgan fingerprint density at radius 3 is 2.28 bits per heavy atom. The number of carbonyl (C=O) groups is 1. The molecule has 1 amide bonds. The van der Waals surface area contributed by atoms with Crippen LogP contribution in [0.15, 0.2) is 30.3 Å². The highest BCUT2D eigenvalue weighted by Gasteiger charge is 2.43. The summed E-state index contributed by atoms with van der Waals surface area (Å²) in [5.74, 6) is 2.16. The van der Waals surface area contributed by atoms with Crippen LogP contribution in [-0.4, -0.2) is 54.0 Å². The number of nitrogens with zero attached hydrogens (tertiary/aromatic N) is 2. The van der Waals surface area contributed by atoms with Gasteiger partial charge in [0.1, 0.15) is 0 Å². The van der Waals surface area contributed by atoms with E-state index in [0.29, 0.717) is 18.0 Å². The molecule has 2 heterocycles. The molecule has 1 aromatic rings. The molecule has 2 aliphatic heterocycles. The number of hydrogen-bond donors (Lipinski definition) is 1. The molecular formula is C25H37N3O. The van der Waals surface area contributed by atoms with Crippen LogP contribution in [0.1, 0.15) is 56.9 Å². The molecule has 1 aromatic carbocycles. The molecule has 2 saturated heterocycles. The first-order valence-electron chi connectivity index (χ1n) is 12.1. The molecule has 158 valence electrons. The van der Waals surface area contributed by atoms with Crippen LogP contribution in [0.5, 0.6) is 0 Å². The van der Waals surface area contributed by atoms with Gasteiger partial charge < -0.3 is 5.32 Å². The van der Waals surface area contributed by atoms with Crippen LogP contribution < -0.4 is 5.32 Å². The van der Waals surface area contributed by atoms with Crippen LogP contribution >= 0.6 is 0 Å². The van der Waals surface area contributed by atoms with Gasteiger partial charge in [0.05, 0.1) is 5.92 Å². The lowest BCUT2D eigenvalue weighted by Crippen LogP contribution is -2.52. The Morgan fingerprint density at radius 2 is 1.62 bits per heavy atom. The second-order valence-electron chi connectivity index (χ2n) is 10.0. The van der Waals surface area contributed by atoms with Gasteiger partial charge in [-0.25, -0.2) is 0 Å². The van der Waals surface area contributed by atoms with Crippen molar-refractivity contribution in [3.8, 4) is 0 Å². The van der Waals surface area contributed by atoms with Gasteiger partial charge in [-0.05, 0) is 88.4 Å². The lowest BCUT2D eigenvalue weighted by molar-refractivity contribution is -0.128. The molecule has 1 atom stereocenters. The van der Waals surface area contributed by atoms with E-state index in [4.69, 9.17) is 0 Å². The smallest absolute Gasteiger partial charge is 0.224 e. The van der Waals surface area contributed by atoms with E-state index in [1.54, 1.807) is 0 Å². The predicted octanol–water partition coefficient (Wildman–Crippen LogP) is 3.67. The maximum Gasteiger partial charge on any atom is 0.224 e. The van der Waals surface area contributed by atoms with Crippen molar-refractivity contribution in [1.29, 1.82) is 0 Å². The Kier molecular flexibility index (Phi) is 5.92. The molecule has 0 radical (unpaired) electrons. The summed E-state index contributed by atoms with van der Waals surface area (Å²) < 4.78 is 0. The van der Waals surface area contributed by atoms with Crippen LogP contribution in [0.2, 0.25) is 0 Å². The van der Waals surface area contributed by atoms with Gasteiger partial charge in [0.15, 0.2) is 0 Å². The van der Waals surface area contributed by atoms with Crippen molar-refractivity contribution < 1.29 is 4.79 Å². The second-order valence-corrected chi connectivity index (χ2v) is 10.0. The molecule has 4 aliphatic rings. The van der Waals surface area contributed by atoms with Gasteiger partial charge in [0.25, 0.3) is 0 Å². The maximum atomic E-state index is 13.0. The number of nitrogens with one attached hydrogen (secondary N) is 1. The Labute approximate surface area is 176 Å². The van der Waals surface area contributed by atoms with E-state index in [2.05, 4.69) is 45.4 Å². The molecule has 2 saturated carbocycles. The van der Waals surface area contributed by atoms with Crippen LogP contribution in [0.25, 0.3) is 0 Å². The first-order valence-corrected chi connectivity index (χ1v) is 12.1. The minimum atomic E-state index is 0.214. The molecule has 0 aromatic heterocycles. The monoisotopic (exact) mass is 395 g/mol. The van der Waals surface area contributed by atoms with Gasteiger partial charge in [0, 0.05) is 25.2 Å². The van der Waals surface area contributed by atoms with Gasteiger partial charge in [-0.2, -0.15) is 0 Å². The zero-order valence-electron chi connectivity index (χ0n) is 17.8. The molecule has 0 bridgehead atoms. The zero-order valence-corrected chi connectivity index (χ0v) is 17.8. The highest BCUT2D eigenvalue weighted by Crippen LogP contribution is 2.44. The molecule has 4 fully saturated rings. The molecule has 2 aliphatic carbocycles. The highest BCUT2D eigenvalue weighted by atomic mass is 16.2. The lowest BCUT2D eigenvalue weighted by Gasteiger charge is -2.42. The molecule has 5 rings (SSSR count). The third kappa shape index (κ3) is 5.03. The van der Waals surface area contributed by atoms with Crippen molar-refractivity contribution in [2.24, 2.45) is 17.8 Å². The number of piperidine rings is 2. The quantitative estimate of drug-likeness (QED) is 0.765. The second kappa shape index (κ2) is 8.77. The van der Waals surface area contributed by atoms with E-state index in [1.807, 2.05) is 0 Å². The fourth-order valence-corrected chi connectivity index (χ4v) is 5.65. The first kappa shape index (κ1) is 19.6. The number of benzene rings is 1. The Hall–Kier alpha value is -1.39. The van der Waals surface area contributed by atoms with Crippen molar-refractivity contribution in [1.82, 2.24) is 15.1 Å². The molecule has 1 N–H and O–H groups in total. The highest BCUT2D eigenvalue weighted by molar-refractivity contribution is 5.79. The number of likely N-dealkylation sites (tertiary alicyclic amines) is 2. The number of carbonyl (C=O) groups excluding carboxylic acids is 1. The standard InChI is InChI=1S/C25H37N3O/c29-25(26-24(20-8-9-20)21-10-11-21)22-7-4-14-28(18-22)23-12-15-27(16-13-23)17-19-5-2-1-3-6-19/h1-3,5-6,20-24H,4,7-18H2,(H,26,29). The molecule has 4 nitrogen and oxygen atoms in total. The summed E-state index contributed by atoms with van der Waals surface area (Å²) in [6.45, 7) is 5.60. The molecule has 1 unspecified atom stereocenters. The Morgan fingerprint density at radius 1 is 0.931 bits per heavy atom. The summed E-state index contributed by atoms with van der Waals surface area (Å²) in [5, 5.41) is 3.49. The molecule has 29 heavy (non-hydrogen) atoms. The fourth-order valence-electron chi connectivity index (χ4n) is 5.65. The third-order valence-corrected chi connectivity index (χ3v) is 7.71. The summed E-state index contributed by atoms with van der Waals surface area (Å²) >= 11 is 0. The van der Waals surface area contributed by atoms with Crippen LogP contribution in [-0.2, 0) is 11.3 Å². The summed E-state index contributed by atoms with van der Waals surface area (Å²) in [5.41, 5.74) is 1.42. The number of amides is 1. The van der Waals surface area contributed by atoms with E-state index >= 15 is 0 Å². The van der Waals surface area contributed by atoms with Crippen LogP contribution in [0, 0.1) is 17.8 Å². The van der Waals surface area contributed by atoms with Gasteiger partial charge in [-0.1, -0.05) is 30.3 Å².